The van der Waals surface area contributed by atoms with Crippen molar-refractivity contribution in [2.75, 3.05) is 11.4 Å². The lowest BCUT2D eigenvalue weighted by Crippen LogP contribution is -2.36. The summed E-state index contributed by atoms with van der Waals surface area (Å²) in [5.41, 5.74) is 7.36. The molecule has 4 nitrogen and oxygen atoms in total. The number of hydrogen-bond acceptors (Lipinski definition) is 4. The van der Waals surface area contributed by atoms with Gasteiger partial charge >= 0.3 is 0 Å². The third-order valence-corrected chi connectivity index (χ3v) is 4.80. The Morgan fingerprint density at radius 2 is 2.00 bits per heavy atom. The van der Waals surface area contributed by atoms with Crippen molar-refractivity contribution in [3.63, 3.8) is 0 Å². The first-order valence-corrected chi connectivity index (χ1v) is 7.98. The van der Waals surface area contributed by atoms with E-state index in [0.717, 1.165) is 24.1 Å². The molecule has 1 saturated carbocycles. The van der Waals surface area contributed by atoms with Gasteiger partial charge in [-0.2, -0.15) is 0 Å². The van der Waals surface area contributed by atoms with Crippen LogP contribution in [0.15, 0.2) is 6.07 Å². The second-order valence-electron chi connectivity index (χ2n) is 6.01. The molecular formula is C15H22N4S. The fraction of sp³-hybridized carbons (Fsp3) is 0.667. The molecule has 3 rings (SSSR count). The summed E-state index contributed by atoms with van der Waals surface area (Å²) in [7, 11) is 0. The van der Waals surface area contributed by atoms with E-state index in [-0.39, 0.29) is 0 Å². The quantitative estimate of drug-likeness (QED) is 0.867. The lowest BCUT2D eigenvalue weighted by molar-refractivity contribution is 0.427. The van der Waals surface area contributed by atoms with Crippen molar-refractivity contribution in [3.05, 3.63) is 17.5 Å². The summed E-state index contributed by atoms with van der Waals surface area (Å²) in [6.07, 6.45) is 7.97. The minimum atomic E-state index is 0.355. The Bertz CT molecular complexity index is 511. The van der Waals surface area contributed by atoms with Gasteiger partial charge in [0.25, 0.3) is 0 Å². The maximum Gasteiger partial charge on any atom is 0.226 e. The number of nitrogens with two attached hydrogens (primary N) is 1. The van der Waals surface area contributed by atoms with Crippen LogP contribution in [0.4, 0.5) is 5.95 Å². The van der Waals surface area contributed by atoms with Crippen molar-refractivity contribution < 1.29 is 0 Å². The SMILES string of the molecule is Cc1cc(C(N)=S)nc(N2CCCC2C2CCCC2)n1. The van der Waals surface area contributed by atoms with Crippen molar-refractivity contribution in [2.24, 2.45) is 11.7 Å². The van der Waals surface area contributed by atoms with E-state index >= 15 is 0 Å². The molecule has 20 heavy (non-hydrogen) atoms. The molecule has 0 aromatic carbocycles. The van der Waals surface area contributed by atoms with Crippen LogP contribution in [0.2, 0.25) is 0 Å². The number of thiocarbonyl (C=S) groups is 1. The molecule has 1 unspecified atom stereocenters. The third kappa shape index (κ3) is 2.64. The van der Waals surface area contributed by atoms with Gasteiger partial charge in [-0.3, -0.25) is 0 Å². The Morgan fingerprint density at radius 1 is 1.25 bits per heavy atom. The van der Waals surface area contributed by atoms with E-state index in [9.17, 15) is 0 Å². The first kappa shape index (κ1) is 13.7. The Labute approximate surface area is 125 Å². The molecule has 2 heterocycles. The van der Waals surface area contributed by atoms with Crippen LogP contribution in [0.5, 0.6) is 0 Å². The standard InChI is InChI=1S/C15H22N4S/c1-10-9-12(14(16)20)18-15(17-10)19-8-4-7-13(19)11-5-2-3-6-11/h9,11,13H,2-8H2,1H3,(H2,16,20). The van der Waals surface area contributed by atoms with Gasteiger partial charge in [0.1, 0.15) is 10.7 Å². The number of anilines is 1. The van der Waals surface area contributed by atoms with Gasteiger partial charge in [0.05, 0.1) is 0 Å². The van der Waals surface area contributed by atoms with Crippen molar-refractivity contribution in [1.29, 1.82) is 0 Å². The number of aromatic nitrogens is 2. The maximum absolute atomic E-state index is 5.73. The highest BCUT2D eigenvalue weighted by atomic mass is 32.1. The van der Waals surface area contributed by atoms with E-state index in [4.69, 9.17) is 18.0 Å². The molecule has 1 aromatic heterocycles. The summed E-state index contributed by atoms with van der Waals surface area (Å²) in [5.74, 6) is 1.64. The highest BCUT2D eigenvalue weighted by Gasteiger charge is 2.34. The highest BCUT2D eigenvalue weighted by molar-refractivity contribution is 7.80. The summed E-state index contributed by atoms with van der Waals surface area (Å²) in [6.45, 7) is 3.04. The highest BCUT2D eigenvalue weighted by Crippen LogP contribution is 2.36. The van der Waals surface area contributed by atoms with E-state index in [1.54, 1.807) is 0 Å². The molecule has 2 aliphatic rings. The van der Waals surface area contributed by atoms with Crippen LogP contribution >= 0.6 is 12.2 Å². The second-order valence-corrected chi connectivity index (χ2v) is 6.45. The molecule has 0 radical (unpaired) electrons. The topological polar surface area (TPSA) is 55.0 Å². The Hall–Kier alpha value is -1.23. The van der Waals surface area contributed by atoms with Crippen LogP contribution in [-0.4, -0.2) is 27.5 Å². The number of nitrogens with zero attached hydrogens (tertiary/aromatic N) is 3. The normalized spacial score (nSPS) is 23.4. The number of aryl methyl sites for hydroxylation is 1. The van der Waals surface area contributed by atoms with Gasteiger partial charge in [0.15, 0.2) is 0 Å². The van der Waals surface area contributed by atoms with Gasteiger partial charge < -0.3 is 10.6 Å². The van der Waals surface area contributed by atoms with Crippen molar-refractivity contribution in [1.82, 2.24) is 9.97 Å². The van der Waals surface area contributed by atoms with Crippen molar-refractivity contribution >= 4 is 23.2 Å². The van der Waals surface area contributed by atoms with Crippen molar-refractivity contribution in [3.8, 4) is 0 Å². The molecule has 1 saturated heterocycles. The molecule has 2 N–H and O–H groups in total. The Kier molecular flexibility index (Phi) is 3.87. The average molecular weight is 290 g/mol. The van der Waals surface area contributed by atoms with Crippen LogP contribution < -0.4 is 10.6 Å². The smallest absolute Gasteiger partial charge is 0.226 e. The van der Waals surface area contributed by atoms with E-state index < -0.39 is 0 Å². The zero-order chi connectivity index (χ0) is 14.1. The first-order valence-electron chi connectivity index (χ1n) is 7.57. The van der Waals surface area contributed by atoms with Gasteiger partial charge in [0, 0.05) is 18.3 Å². The summed E-state index contributed by atoms with van der Waals surface area (Å²) >= 11 is 5.06. The van der Waals surface area contributed by atoms with Crippen molar-refractivity contribution in [2.45, 2.75) is 51.5 Å². The monoisotopic (exact) mass is 290 g/mol. The summed E-state index contributed by atoms with van der Waals surface area (Å²) < 4.78 is 0. The predicted molar refractivity (Wildman–Crippen MR) is 85.0 cm³/mol. The van der Waals surface area contributed by atoms with E-state index in [2.05, 4.69) is 14.9 Å². The molecule has 0 spiro atoms. The van der Waals surface area contributed by atoms with Gasteiger partial charge in [0.2, 0.25) is 5.95 Å². The first-order chi connectivity index (χ1) is 9.65. The van der Waals surface area contributed by atoms with Gasteiger partial charge in [-0.25, -0.2) is 9.97 Å². The van der Waals surface area contributed by atoms with E-state index in [1.807, 2.05) is 13.0 Å². The Balaban J connectivity index is 1.88. The number of hydrogen-bond donors (Lipinski definition) is 1. The molecule has 108 valence electrons. The molecule has 1 aromatic rings. The van der Waals surface area contributed by atoms with Crippen LogP contribution in [0.3, 0.4) is 0 Å². The van der Waals surface area contributed by atoms with E-state index in [0.29, 0.717) is 16.7 Å². The summed E-state index contributed by atoms with van der Waals surface area (Å²) in [5, 5.41) is 0. The predicted octanol–water partition coefficient (Wildman–Crippen LogP) is 2.58. The molecule has 0 amide bonds. The lowest BCUT2D eigenvalue weighted by atomic mass is 9.96. The van der Waals surface area contributed by atoms with Crippen LogP contribution in [0.25, 0.3) is 0 Å². The minimum absolute atomic E-state index is 0.355. The van der Waals surface area contributed by atoms with Crippen LogP contribution in [0, 0.1) is 12.8 Å². The molecule has 1 aliphatic carbocycles. The van der Waals surface area contributed by atoms with Crippen LogP contribution in [0.1, 0.15) is 49.9 Å². The van der Waals surface area contributed by atoms with Crippen LogP contribution in [-0.2, 0) is 0 Å². The molecule has 1 atom stereocenters. The molecule has 5 heteroatoms. The Morgan fingerprint density at radius 3 is 2.70 bits per heavy atom. The fourth-order valence-electron chi connectivity index (χ4n) is 3.68. The largest absolute Gasteiger partial charge is 0.388 e. The van der Waals surface area contributed by atoms with Gasteiger partial charge in [-0.05, 0) is 44.6 Å². The summed E-state index contributed by atoms with van der Waals surface area (Å²) in [4.78, 5) is 12.0. The maximum atomic E-state index is 5.73. The molecular weight excluding hydrogens is 268 g/mol. The van der Waals surface area contributed by atoms with Gasteiger partial charge in [-0.15, -0.1) is 0 Å². The van der Waals surface area contributed by atoms with Gasteiger partial charge in [-0.1, -0.05) is 25.1 Å². The minimum Gasteiger partial charge on any atom is -0.388 e. The zero-order valence-electron chi connectivity index (χ0n) is 12.0. The molecule has 0 bridgehead atoms. The second kappa shape index (κ2) is 5.64. The summed E-state index contributed by atoms with van der Waals surface area (Å²) in [6, 6.07) is 2.48. The zero-order valence-corrected chi connectivity index (χ0v) is 12.8. The lowest BCUT2D eigenvalue weighted by Gasteiger charge is -2.29. The molecule has 1 aliphatic heterocycles. The fourth-order valence-corrected chi connectivity index (χ4v) is 3.79. The molecule has 2 fully saturated rings. The number of rotatable bonds is 3. The third-order valence-electron chi connectivity index (χ3n) is 4.59. The van der Waals surface area contributed by atoms with E-state index in [1.165, 1.54) is 38.5 Å². The average Bonchev–Trinajstić information content (AvgIpc) is 3.08.